The van der Waals surface area contributed by atoms with Crippen LogP contribution in [-0.4, -0.2) is 44.6 Å². The van der Waals surface area contributed by atoms with E-state index in [0.29, 0.717) is 19.5 Å². The Hall–Kier alpha value is -2.18. The zero-order chi connectivity index (χ0) is 19.0. The molecule has 2 aromatic rings. The summed E-state index contributed by atoms with van der Waals surface area (Å²) < 4.78 is 25.4. The largest absolute Gasteiger partial charge is 0.341 e. The van der Waals surface area contributed by atoms with Gasteiger partial charge in [-0.25, -0.2) is 13.1 Å². The normalized spacial score (nSPS) is 24.8. The van der Waals surface area contributed by atoms with Gasteiger partial charge in [0.25, 0.3) is 0 Å². The Labute approximate surface area is 160 Å². The molecule has 1 N–H and O–H groups in total. The number of likely N-dealkylation sites (tertiary alicyclic amines) is 1. The summed E-state index contributed by atoms with van der Waals surface area (Å²) >= 11 is 0. The lowest BCUT2D eigenvalue weighted by molar-refractivity contribution is -0.131. The molecule has 2 aromatic carbocycles. The summed E-state index contributed by atoms with van der Waals surface area (Å²) in [5, 5.41) is 0. The van der Waals surface area contributed by atoms with E-state index in [9.17, 15) is 13.2 Å². The second-order valence-electron chi connectivity index (χ2n) is 7.56. The first-order chi connectivity index (χ1) is 12.9. The molecular formula is C21H24N2O3S. The van der Waals surface area contributed by atoms with Crippen molar-refractivity contribution in [3.05, 3.63) is 60.2 Å². The number of carbonyl (C=O) groups is 1. The van der Waals surface area contributed by atoms with Gasteiger partial charge in [-0.05, 0) is 35.4 Å². The molecule has 5 nitrogen and oxygen atoms in total. The number of nitrogens with zero attached hydrogens (tertiary/aromatic N) is 1. The molecule has 1 amide bonds. The molecule has 142 valence electrons. The van der Waals surface area contributed by atoms with Crippen LogP contribution in [0.1, 0.15) is 24.3 Å². The van der Waals surface area contributed by atoms with Crippen LogP contribution in [0.3, 0.4) is 0 Å². The van der Waals surface area contributed by atoms with Crippen LogP contribution >= 0.6 is 0 Å². The third-order valence-electron chi connectivity index (χ3n) is 5.43. The molecule has 0 bridgehead atoms. The quantitative estimate of drug-likeness (QED) is 0.862. The highest BCUT2D eigenvalue weighted by molar-refractivity contribution is 7.88. The lowest BCUT2D eigenvalue weighted by atomic mass is 9.96. The van der Waals surface area contributed by atoms with Crippen LogP contribution < -0.4 is 4.72 Å². The van der Waals surface area contributed by atoms with Crippen molar-refractivity contribution in [1.29, 1.82) is 0 Å². The maximum Gasteiger partial charge on any atom is 0.226 e. The molecule has 2 aliphatic rings. The fraction of sp³-hybridized carbons (Fsp3) is 0.381. The van der Waals surface area contributed by atoms with E-state index < -0.39 is 10.0 Å². The zero-order valence-corrected chi connectivity index (χ0v) is 16.2. The molecule has 2 fully saturated rings. The average molecular weight is 385 g/mol. The van der Waals surface area contributed by atoms with Gasteiger partial charge >= 0.3 is 0 Å². The summed E-state index contributed by atoms with van der Waals surface area (Å²) in [5.41, 5.74) is 3.59. The van der Waals surface area contributed by atoms with E-state index in [1.165, 1.54) is 16.7 Å². The Morgan fingerprint density at radius 1 is 1.07 bits per heavy atom. The van der Waals surface area contributed by atoms with Crippen molar-refractivity contribution < 1.29 is 13.2 Å². The summed E-state index contributed by atoms with van der Waals surface area (Å²) in [4.78, 5) is 14.7. The highest BCUT2D eigenvalue weighted by Crippen LogP contribution is 2.51. The molecule has 0 spiro atoms. The topological polar surface area (TPSA) is 66.5 Å². The first-order valence-corrected chi connectivity index (χ1v) is 11.2. The van der Waals surface area contributed by atoms with Crippen LogP contribution in [0.4, 0.5) is 0 Å². The minimum absolute atomic E-state index is 0.00634. The van der Waals surface area contributed by atoms with E-state index in [1.54, 1.807) is 0 Å². The second-order valence-corrected chi connectivity index (χ2v) is 9.34. The van der Waals surface area contributed by atoms with Gasteiger partial charge in [0.15, 0.2) is 0 Å². The van der Waals surface area contributed by atoms with Crippen molar-refractivity contribution in [2.75, 3.05) is 19.3 Å². The number of hydrogen-bond acceptors (Lipinski definition) is 3. The van der Waals surface area contributed by atoms with E-state index in [2.05, 4.69) is 29.0 Å². The van der Waals surface area contributed by atoms with Crippen molar-refractivity contribution in [1.82, 2.24) is 9.62 Å². The van der Waals surface area contributed by atoms with E-state index in [0.717, 1.165) is 12.7 Å². The Morgan fingerprint density at radius 2 is 1.78 bits per heavy atom. The summed E-state index contributed by atoms with van der Waals surface area (Å²) in [5.74, 6) is 0.406. The van der Waals surface area contributed by atoms with Gasteiger partial charge in [-0.3, -0.25) is 4.79 Å². The smallest absolute Gasteiger partial charge is 0.226 e. The minimum atomic E-state index is -3.24. The number of rotatable bonds is 5. The Bertz CT molecular complexity index is 943. The standard InChI is InChI=1S/C21H24N2O3S/c1-27(25,26)22-16-11-12-23(14-16)21(24)20-13-19(20)18-10-6-5-9-17(18)15-7-3-2-4-8-15/h2-10,16,19-20,22H,11-14H2,1H3/t16-,19?,20?/m1/s1. The third-order valence-corrected chi connectivity index (χ3v) is 6.19. The summed E-state index contributed by atoms with van der Waals surface area (Å²) in [6.07, 6.45) is 2.70. The first kappa shape index (κ1) is 18.2. The summed E-state index contributed by atoms with van der Waals surface area (Å²) in [6.45, 7) is 1.09. The van der Waals surface area contributed by atoms with Gasteiger partial charge in [0.2, 0.25) is 15.9 Å². The molecule has 1 heterocycles. The van der Waals surface area contributed by atoms with Crippen molar-refractivity contribution in [3.63, 3.8) is 0 Å². The highest BCUT2D eigenvalue weighted by atomic mass is 32.2. The van der Waals surface area contributed by atoms with Gasteiger partial charge in [0, 0.05) is 25.0 Å². The van der Waals surface area contributed by atoms with Gasteiger partial charge in [0.1, 0.15) is 0 Å². The Kier molecular flexibility index (Phi) is 4.78. The highest BCUT2D eigenvalue weighted by Gasteiger charge is 2.47. The van der Waals surface area contributed by atoms with Gasteiger partial charge in [-0.2, -0.15) is 0 Å². The maximum absolute atomic E-state index is 12.9. The molecule has 1 saturated heterocycles. The Morgan fingerprint density at radius 3 is 2.52 bits per heavy atom. The van der Waals surface area contributed by atoms with Gasteiger partial charge in [-0.15, -0.1) is 0 Å². The second kappa shape index (κ2) is 7.09. The number of benzene rings is 2. The summed E-state index contributed by atoms with van der Waals surface area (Å²) in [6, 6.07) is 18.4. The van der Waals surface area contributed by atoms with Crippen molar-refractivity contribution in [3.8, 4) is 11.1 Å². The van der Waals surface area contributed by atoms with Crippen molar-refractivity contribution >= 4 is 15.9 Å². The average Bonchev–Trinajstić information content (AvgIpc) is 3.32. The predicted octanol–water partition coefficient (Wildman–Crippen LogP) is 2.61. The van der Waals surface area contributed by atoms with Gasteiger partial charge < -0.3 is 4.90 Å². The number of sulfonamides is 1. The van der Waals surface area contributed by atoms with Gasteiger partial charge in [0.05, 0.1) is 6.26 Å². The molecule has 0 aromatic heterocycles. The lowest BCUT2D eigenvalue weighted by Crippen LogP contribution is -2.38. The minimum Gasteiger partial charge on any atom is -0.341 e. The number of hydrogen-bond donors (Lipinski definition) is 1. The zero-order valence-electron chi connectivity index (χ0n) is 15.3. The van der Waals surface area contributed by atoms with E-state index >= 15 is 0 Å². The van der Waals surface area contributed by atoms with Gasteiger partial charge in [-0.1, -0.05) is 54.6 Å². The molecule has 3 atom stereocenters. The fourth-order valence-electron chi connectivity index (χ4n) is 4.11. The maximum atomic E-state index is 12.9. The molecule has 4 rings (SSSR count). The van der Waals surface area contributed by atoms with Crippen LogP contribution in [0.5, 0.6) is 0 Å². The third kappa shape index (κ3) is 4.06. The van der Waals surface area contributed by atoms with Crippen molar-refractivity contribution in [2.24, 2.45) is 5.92 Å². The molecule has 2 unspecified atom stereocenters. The fourth-order valence-corrected chi connectivity index (χ4v) is 4.90. The molecule has 1 aliphatic heterocycles. The SMILES string of the molecule is CS(=O)(=O)N[C@@H]1CCN(C(=O)C2CC2c2ccccc2-c2ccccc2)C1. The van der Waals surface area contributed by atoms with E-state index in [1.807, 2.05) is 35.2 Å². The number of carbonyl (C=O) groups excluding carboxylic acids is 1. The van der Waals surface area contributed by atoms with Crippen LogP contribution in [-0.2, 0) is 14.8 Å². The number of amides is 1. The van der Waals surface area contributed by atoms with Crippen LogP contribution in [0.15, 0.2) is 54.6 Å². The number of nitrogens with one attached hydrogen (secondary N) is 1. The lowest BCUT2D eigenvalue weighted by Gasteiger charge is -2.17. The van der Waals surface area contributed by atoms with E-state index in [4.69, 9.17) is 0 Å². The predicted molar refractivity (Wildman–Crippen MR) is 106 cm³/mol. The molecule has 27 heavy (non-hydrogen) atoms. The van der Waals surface area contributed by atoms with Crippen LogP contribution in [0, 0.1) is 5.92 Å². The summed E-state index contributed by atoms with van der Waals surface area (Å²) in [7, 11) is -3.24. The molecule has 1 saturated carbocycles. The molecule has 0 radical (unpaired) electrons. The molecule has 6 heteroatoms. The monoisotopic (exact) mass is 384 g/mol. The van der Waals surface area contributed by atoms with Crippen molar-refractivity contribution in [2.45, 2.75) is 24.8 Å². The van der Waals surface area contributed by atoms with E-state index in [-0.39, 0.29) is 23.8 Å². The first-order valence-electron chi connectivity index (χ1n) is 9.33. The van der Waals surface area contributed by atoms with Crippen LogP contribution in [0.25, 0.3) is 11.1 Å². The Balaban J connectivity index is 1.46. The molecular weight excluding hydrogens is 360 g/mol. The van der Waals surface area contributed by atoms with Crippen LogP contribution in [0.2, 0.25) is 0 Å². The molecule has 1 aliphatic carbocycles.